The average molecular weight is 322 g/mol. The molecule has 0 spiro atoms. The summed E-state index contributed by atoms with van der Waals surface area (Å²) in [6, 6.07) is 0. The summed E-state index contributed by atoms with van der Waals surface area (Å²) in [4.78, 5) is 15.5. The number of aliphatic hydroxyl groups excluding tert-OH is 2. The number of aliphatic hydroxyl groups is 2. The number of hydrogen-bond donors (Lipinski definition) is 4. The Hall–Kier alpha value is -1.85. The fraction of sp³-hybridized carbons (Fsp3) is 0.636. The summed E-state index contributed by atoms with van der Waals surface area (Å²) in [6.07, 6.45) is -8.10. The molecule has 1 aromatic rings. The summed E-state index contributed by atoms with van der Waals surface area (Å²) in [7, 11) is 0. The van der Waals surface area contributed by atoms with E-state index in [4.69, 9.17) is 9.84 Å². The highest BCUT2D eigenvalue weighted by Gasteiger charge is 2.44. The molecule has 22 heavy (non-hydrogen) atoms. The van der Waals surface area contributed by atoms with Gasteiger partial charge in [-0.3, -0.25) is 4.57 Å². The maximum atomic E-state index is 12.7. The maximum absolute atomic E-state index is 12.7. The van der Waals surface area contributed by atoms with Gasteiger partial charge < -0.3 is 25.6 Å². The molecular formula is C11H13F3N4O4. The van der Waals surface area contributed by atoms with Gasteiger partial charge in [0.05, 0.1) is 18.4 Å². The second-order valence-corrected chi connectivity index (χ2v) is 5.07. The number of halogens is 3. The molecule has 0 bridgehead atoms. The number of anilines is 2. The van der Waals surface area contributed by atoms with Crippen molar-refractivity contribution >= 4 is 11.5 Å². The minimum atomic E-state index is -4.55. The fourth-order valence-corrected chi connectivity index (χ4v) is 2.43. The molecule has 2 aliphatic heterocycles. The SMILES string of the molecule is O=c1nc2c(cn1C1CC(O)C(CO)O1)NC(C(F)(F)F)N2. The molecule has 8 nitrogen and oxygen atoms in total. The van der Waals surface area contributed by atoms with Crippen molar-refractivity contribution in [2.75, 3.05) is 17.2 Å². The Morgan fingerprint density at radius 3 is 2.77 bits per heavy atom. The highest BCUT2D eigenvalue weighted by Crippen LogP contribution is 2.34. The molecule has 4 atom stereocenters. The van der Waals surface area contributed by atoms with E-state index in [-0.39, 0.29) is 17.9 Å². The first-order valence-electron chi connectivity index (χ1n) is 6.47. The third-order valence-corrected chi connectivity index (χ3v) is 3.55. The van der Waals surface area contributed by atoms with Crippen LogP contribution in [0.15, 0.2) is 11.0 Å². The summed E-state index contributed by atoms with van der Waals surface area (Å²) in [6.45, 7) is -0.430. The van der Waals surface area contributed by atoms with Gasteiger partial charge in [-0.05, 0) is 0 Å². The van der Waals surface area contributed by atoms with Crippen molar-refractivity contribution in [3.05, 3.63) is 16.7 Å². The van der Waals surface area contributed by atoms with Crippen molar-refractivity contribution in [1.82, 2.24) is 9.55 Å². The van der Waals surface area contributed by atoms with E-state index in [0.717, 1.165) is 10.8 Å². The molecule has 0 amide bonds. The Bertz CT molecular complexity index is 635. The first-order chi connectivity index (χ1) is 10.3. The van der Waals surface area contributed by atoms with Crippen LogP contribution in [0.1, 0.15) is 12.6 Å². The standard InChI is InChI=1S/C11H13F3N4O4/c12-11(13,14)9-15-4-2-18(10(21)17-8(4)16-9)7-1-5(20)6(3-19)22-7/h2,5-7,9,15,19-20H,1,3H2,(H,16,17,21). The van der Waals surface area contributed by atoms with Gasteiger partial charge in [-0.25, -0.2) is 4.79 Å². The van der Waals surface area contributed by atoms with Crippen LogP contribution >= 0.6 is 0 Å². The van der Waals surface area contributed by atoms with E-state index < -0.39 is 43.1 Å². The van der Waals surface area contributed by atoms with E-state index in [2.05, 4.69) is 15.6 Å². The monoisotopic (exact) mass is 322 g/mol. The first kappa shape index (κ1) is 15.1. The van der Waals surface area contributed by atoms with E-state index in [1.807, 2.05) is 0 Å². The maximum Gasteiger partial charge on any atom is 0.427 e. The number of fused-ring (bicyclic) bond motifs is 1. The van der Waals surface area contributed by atoms with Crippen LogP contribution in [0.3, 0.4) is 0 Å². The summed E-state index contributed by atoms with van der Waals surface area (Å²) < 4.78 is 44.2. The van der Waals surface area contributed by atoms with Crippen LogP contribution in [-0.4, -0.2) is 50.9 Å². The third kappa shape index (κ3) is 2.51. The number of ether oxygens (including phenoxy) is 1. The quantitative estimate of drug-likeness (QED) is 0.587. The smallest absolute Gasteiger partial charge is 0.394 e. The van der Waals surface area contributed by atoms with Crippen molar-refractivity contribution in [2.24, 2.45) is 0 Å². The third-order valence-electron chi connectivity index (χ3n) is 3.55. The molecule has 2 aliphatic rings. The molecule has 4 unspecified atom stereocenters. The van der Waals surface area contributed by atoms with Crippen molar-refractivity contribution < 1.29 is 28.1 Å². The zero-order valence-electron chi connectivity index (χ0n) is 11.0. The van der Waals surface area contributed by atoms with Gasteiger partial charge in [-0.2, -0.15) is 18.2 Å². The molecule has 1 aromatic heterocycles. The van der Waals surface area contributed by atoms with Crippen LogP contribution < -0.4 is 16.3 Å². The second-order valence-electron chi connectivity index (χ2n) is 5.07. The van der Waals surface area contributed by atoms with E-state index in [1.165, 1.54) is 0 Å². The van der Waals surface area contributed by atoms with E-state index in [0.29, 0.717) is 0 Å². The van der Waals surface area contributed by atoms with E-state index >= 15 is 0 Å². The molecule has 3 heterocycles. The highest BCUT2D eigenvalue weighted by molar-refractivity contribution is 5.69. The number of rotatable bonds is 2. The molecule has 0 saturated carbocycles. The largest absolute Gasteiger partial charge is 0.427 e. The molecule has 0 aromatic carbocycles. The van der Waals surface area contributed by atoms with Crippen molar-refractivity contribution in [2.45, 2.75) is 37.2 Å². The van der Waals surface area contributed by atoms with Crippen LogP contribution in [-0.2, 0) is 4.74 Å². The molecule has 11 heteroatoms. The average Bonchev–Trinajstić information content (AvgIpc) is 3.00. The van der Waals surface area contributed by atoms with Gasteiger partial charge in [0.2, 0.25) is 0 Å². The fourth-order valence-electron chi connectivity index (χ4n) is 2.43. The minimum Gasteiger partial charge on any atom is -0.394 e. The molecule has 0 aliphatic carbocycles. The van der Waals surface area contributed by atoms with E-state index in [1.54, 1.807) is 0 Å². The molecular weight excluding hydrogens is 309 g/mol. The van der Waals surface area contributed by atoms with Crippen LogP contribution in [0.5, 0.6) is 0 Å². The zero-order chi connectivity index (χ0) is 16.1. The predicted molar refractivity (Wildman–Crippen MR) is 67.2 cm³/mol. The predicted octanol–water partition coefficient (Wildman–Crippen LogP) is -0.390. The Labute approximate surface area is 121 Å². The van der Waals surface area contributed by atoms with Gasteiger partial charge in [0.25, 0.3) is 0 Å². The number of hydrogen-bond acceptors (Lipinski definition) is 7. The summed E-state index contributed by atoms with van der Waals surface area (Å²) in [5.41, 5.74) is -0.806. The van der Waals surface area contributed by atoms with Crippen molar-refractivity contribution in [1.29, 1.82) is 0 Å². The highest BCUT2D eigenvalue weighted by atomic mass is 19.4. The Morgan fingerprint density at radius 2 is 2.18 bits per heavy atom. The van der Waals surface area contributed by atoms with Crippen LogP contribution in [0, 0.1) is 0 Å². The molecule has 1 saturated heterocycles. The minimum absolute atomic E-state index is 0.00691. The van der Waals surface area contributed by atoms with Gasteiger partial charge in [-0.1, -0.05) is 0 Å². The number of aromatic nitrogens is 2. The molecule has 3 rings (SSSR count). The number of nitrogens with zero attached hydrogens (tertiary/aromatic N) is 2. The van der Waals surface area contributed by atoms with Crippen molar-refractivity contribution in [3.8, 4) is 0 Å². The summed E-state index contributed by atoms with van der Waals surface area (Å²) in [5.74, 6) is -0.194. The lowest BCUT2D eigenvalue weighted by atomic mass is 10.2. The first-order valence-corrected chi connectivity index (χ1v) is 6.47. The number of alkyl halides is 3. The lowest BCUT2D eigenvalue weighted by Gasteiger charge is -2.15. The topological polar surface area (TPSA) is 109 Å². The molecule has 4 N–H and O–H groups in total. The van der Waals surface area contributed by atoms with Gasteiger partial charge in [0.1, 0.15) is 12.3 Å². The van der Waals surface area contributed by atoms with E-state index in [9.17, 15) is 23.1 Å². The summed E-state index contributed by atoms with van der Waals surface area (Å²) in [5, 5.41) is 22.9. The Kier molecular flexibility index (Phi) is 3.50. The van der Waals surface area contributed by atoms with Crippen LogP contribution in [0.25, 0.3) is 0 Å². The zero-order valence-corrected chi connectivity index (χ0v) is 11.0. The lowest BCUT2D eigenvalue weighted by molar-refractivity contribution is -0.135. The van der Waals surface area contributed by atoms with Crippen LogP contribution in [0.2, 0.25) is 0 Å². The second kappa shape index (κ2) is 5.11. The lowest BCUT2D eigenvalue weighted by Crippen LogP contribution is -2.38. The molecule has 0 radical (unpaired) electrons. The summed E-state index contributed by atoms with van der Waals surface area (Å²) >= 11 is 0. The molecule has 122 valence electrons. The Balaban J connectivity index is 1.87. The van der Waals surface area contributed by atoms with Crippen LogP contribution in [0.4, 0.5) is 24.7 Å². The van der Waals surface area contributed by atoms with Gasteiger partial charge >= 0.3 is 11.9 Å². The van der Waals surface area contributed by atoms with Gasteiger partial charge in [-0.15, -0.1) is 0 Å². The Morgan fingerprint density at radius 1 is 1.45 bits per heavy atom. The van der Waals surface area contributed by atoms with Crippen molar-refractivity contribution in [3.63, 3.8) is 0 Å². The normalized spacial score (nSPS) is 30.8. The van der Waals surface area contributed by atoms with Gasteiger partial charge in [0, 0.05) is 12.6 Å². The number of nitrogens with one attached hydrogen (secondary N) is 2. The molecule has 1 fully saturated rings. The van der Waals surface area contributed by atoms with Gasteiger partial charge in [0.15, 0.2) is 12.0 Å².